The lowest BCUT2D eigenvalue weighted by atomic mass is 10.1. The molecule has 0 aromatic heterocycles. The van der Waals surface area contributed by atoms with Crippen LogP contribution in [-0.4, -0.2) is 25.9 Å². The van der Waals surface area contributed by atoms with Gasteiger partial charge in [-0.2, -0.15) is 0 Å². The predicted octanol–water partition coefficient (Wildman–Crippen LogP) is 2.57. The Balaban J connectivity index is 1.93. The molecular weight excluding hydrogens is 290 g/mol. The van der Waals surface area contributed by atoms with Crippen molar-refractivity contribution in [3.63, 3.8) is 0 Å². The van der Waals surface area contributed by atoms with Gasteiger partial charge in [-0.15, -0.1) is 0 Å². The fourth-order valence-corrected chi connectivity index (χ4v) is 2.12. The van der Waals surface area contributed by atoms with Gasteiger partial charge in [-0.05, 0) is 36.8 Å². The van der Waals surface area contributed by atoms with Crippen LogP contribution >= 0.6 is 0 Å². The number of hydrogen-bond donors (Lipinski definition) is 2. The van der Waals surface area contributed by atoms with Crippen molar-refractivity contribution in [3.8, 4) is 0 Å². The van der Waals surface area contributed by atoms with Gasteiger partial charge in [0.15, 0.2) is 0 Å². The first-order chi connectivity index (χ1) is 11.0. The number of rotatable bonds is 4. The summed E-state index contributed by atoms with van der Waals surface area (Å²) >= 11 is 0. The van der Waals surface area contributed by atoms with Gasteiger partial charge in [0.1, 0.15) is 0 Å². The molecule has 0 bridgehead atoms. The van der Waals surface area contributed by atoms with Crippen LogP contribution in [-0.2, 0) is 9.59 Å². The number of nitrogens with one attached hydrogen (secondary N) is 2. The van der Waals surface area contributed by atoms with E-state index in [-0.39, 0.29) is 6.04 Å². The summed E-state index contributed by atoms with van der Waals surface area (Å²) in [5.41, 5.74) is 2.55. The molecule has 1 unspecified atom stereocenters. The average molecular weight is 311 g/mol. The number of carbonyl (C=O) groups excluding carboxylic acids is 2. The van der Waals surface area contributed by atoms with Crippen molar-refractivity contribution in [1.82, 2.24) is 5.32 Å². The molecule has 2 aromatic rings. The van der Waals surface area contributed by atoms with Crippen molar-refractivity contribution in [2.45, 2.75) is 13.0 Å². The zero-order valence-corrected chi connectivity index (χ0v) is 13.5. The lowest BCUT2D eigenvalue weighted by Crippen LogP contribution is -2.36. The van der Waals surface area contributed by atoms with Crippen LogP contribution in [0, 0.1) is 0 Å². The molecule has 0 fully saturated rings. The van der Waals surface area contributed by atoms with E-state index in [0.29, 0.717) is 5.69 Å². The third-order valence-electron chi connectivity index (χ3n) is 3.49. The van der Waals surface area contributed by atoms with Crippen molar-refractivity contribution in [2.75, 3.05) is 24.3 Å². The lowest BCUT2D eigenvalue weighted by Gasteiger charge is -2.15. The third kappa shape index (κ3) is 4.57. The number of anilines is 2. The highest BCUT2D eigenvalue weighted by Crippen LogP contribution is 2.16. The van der Waals surface area contributed by atoms with Crippen LogP contribution in [0.15, 0.2) is 54.6 Å². The summed E-state index contributed by atoms with van der Waals surface area (Å²) in [6.07, 6.45) is 0. The first-order valence-corrected chi connectivity index (χ1v) is 7.41. The molecule has 0 spiro atoms. The molecule has 0 aliphatic heterocycles. The fraction of sp³-hybridized carbons (Fsp3) is 0.222. The Labute approximate surface area is 136 Å². The first kappa shape index (κ1) is 16.5. The predicted molar refractivity (Wildman–Crippen MR) is 92.4 cm³/mol. The molecule has 1 atom stereocenters. The quantitative estimate of drug-likeness (QED) is 0.853. The van der Waals surface area contributed by atoms with E-state index in [9.17, 15) is 9.59 Å². The maximum Gasteiger partial charge on any atom is 0.313 e. The van der Waals surface area contributed by atoms with Crippen molar-refractivity contribution >= 4 is 23.2 Å². The largest absolute Gasteiger partial charge is 0.378 e. The highest BCUT2D eigenvalue weighted by Gasteiger charge is 2.17. The van der Waals surface area contributed by atoms with Crippen LogP contribution in [0.5, 0.6) is 0 Å². The van der Waals surface area contributed by atoms with Crippen molar-refractivity contribution in [1.29, 1.82) is 0 Å². The molecule has 0 aliphatic carbocycles. The summed E-state index contributed by atoms with van der Waals surface area (Å²) in [5, 5.41) is 5.28. The minimum atomic E-state index is -0.676. The van der Waals surface area contributed by atoms with Gasteiger partial charge in [0.05, 0.1) is 6.04 Å². The van der Waals surface area contributed by atoms with E-state index in [1.165, 1.54) is 0 Å². The van der Waals surface area contributed by atoms with E-state index in [1.54, 1.807) is 12.1 Å². The van der Waals surface area contributed by atoms with Gasteiger partial charge in [-0.1, -0.05) is 30.3 Å². The molecule has 0 saturated carbocycles. The maximum absolute atomic E-state index is 12.0. The fourth-order valence-electron chi connectivity index (χ4n) is 2.12. The van der Waals surface area contributed by atoms with Gasteiger partial charge in [0.2, 0.25) is 0 Å². The van der Waals surface area contributed by atoms with Gasteiger partial charge in [-0.3, -0.25) is 9.59 Å². The Bertz CT molecular complexity index is 666. The summed E-state index contributed by atoms with van der Waals surface area (Å²) in [4.78, 5) is 25.9. The van der Waals surface area contributed by atoms with Gasteiger partial charge in [0.25, 0.3) is 0 Å². The Morgan fingerprint density at radius 1 is 0.913 bits per heavy atom. The molecule has 2 rings (SSSR count). The van der Waals surface area contributed by atoms with E-state index >= 15 is 0 Å². The van der Waals surface area contributed by atoms with Crippen molar-refractivity contribution < 1.29 is 9.59 Å². The zero-order chi connectivity index (χ0) is 16.8. The summed E-state index contributed by atoms with van der Waals surface area (Å²) in [6.45, 7) is 1.84. The van der Waals surface area contributed by atoms with E-state index in [0.717, 1.165) is 11.3 Å². The molecule has 0 saturated heterocycles. The van der Waals surface area contributed by atoms with Crippen LogP contribution in [0.1, 0.15) is 18.5 Å². The SMILES string of the molecule is CC(NC(=O)C(=O)Nc1ccc(N(C)C)cc1)c1ccccc1. The van der Waals surface area contributed by atoms with Crippen molar-refractivity contribution in [3.05, 3.63) is 60.2 Å². The summed E-state index contributed by atoms with van der Waals surface area (Å²) in [7, 11) is 3.87. The van der Waals surface area contributed by atoms with Crippen LogP contribution in [0.3, 0.4) is 0 Å². The van der Waals surface area contributed by atoms with Crippen molar-refractivity contribution in [2.24, 2.45) is 0 Å². The molecule has 2 aromatic carbocycles. The van der Waals surface area contributed by atoms with Gasteiger partial charge < -0.3 is 15.5 Å². The highest BCUT2D eigenvalue weighted by molar-refractivity contribution is 6.39. The average Bonchev–Trinajstić information content (AvgIpc) is 2.56. The molecule has 2 amide bonds. The molecule has 2 N–H and O–H groups in total. The van der Waals surface area contributed by atoms with Crippen LogP contribution < -0.4 is 15.5 Å². The highest BCUT2D eigenvalue weighted by atomic mass is 16.2. The first-order valence-electron chi connectivity index (χ1n) is 7.41. The monoisotopic (exact) mass is 311 g/mol. The number of hydrogen-bond acceptors (Lipinski definition) is 3. The van der Waals surface area contributed by atoms with Gasteiger partial charge in [0, 0.05) is 25.5 Å². The Hall–Kier alpha value is -2.82. The molecule has 0 radical (unpaired) electrons. The maximum atomic E-state index is 12.0. The molecule has 120 valence electrons. The molecule has 0 aliphatic rings. The van der Waals surface area contributed by atoms with Gasteiger partial charge in [-0.25, -0.2) is 0 Å². The van der Waals surface area contributed by atoms with Crippen LogP contribution in [0.25, 0.3) is 0 Å². The van der Waals surface area contributed by atoms with Crippen LogP contribution in [0.4, 0.5) is 11.4 Å². The van der Waals surface area contributed by atoms with E-state index in [2.05, 4.69) is 10.6 Å². The van der Waals surface area contributed by atoms with E-state index in [1.807, 2.05) is 68.4 Å². The number of nitrogens with zero attached hydrogens (tertiary/aromatic N) is 1. The zero-order valence-electron chi connectivity index (χ0n) is 13.5. The molecule has 5 nitrogen and oxygen atoms in total. The standard InChI is InChI=1S/C18H21N3O2/c1-13(14-7-5-4-6-8-14)19-17(22)18(23)20-15-9-11-16(12-10-15)21(2)3/h4-13H,1-3H3,(H,19,22)(H,20,23). The second-order valence-corrected chi connectivity index (χ2v) is 5.50. The minimum absolute atomic E-state index is 0.231. The smallest absolute Gasteiger partial charge is 0.313 e. The van der Waals surface area contributed by atoms with E-state index in [4.69, 9.17) is 0 Å². The third-order valence-corrected chi connectivity index (χ3v) is 3.49. The molecule has 0 heterocycles. The normalized spacial score (nSPS) is 11.4. The Morgan fingerprint density at radius 3 is 2.09 bits per heavy atom. The number of amides is 2. The number of carbonyl (C=O) groups is 2. The van der Waals surface area contributed by atoms with Crippen LogP contribution in [0.2, 0.25) is 0 Å². The Morgan fingerprint density at radius 2 is 1.52 bits per heavy atom. The summed E-state index contributed by atoms with van der Waals surface area (Å²) in [6, 6.07) is 16.6. The molecule has 23 heavy (non-hydrogen) atoms. The lowest BCUT2D eigenvalue weighted by molar-refractivity contribution is -0.136. The second kappa shape index (κ2) is 7.45. The minimum Gasteiger partial charge on any atom is -0.378 e. The second-order valence-electron chi connectivity index (χ2n) is 5.50. The summed E-state index contributed by atoms with van der Waals surface area (Å²) in [5.74, 6) is -1.33. The summed E-state index contributed by atoms with van der Waals surface area (Å²) < 4.78 is 0. The topological polar surface area (TPSA) is 61.4 Å². The molecular formula is C18H21N3O2. The Kier molecular flexibility index (Phi) is 5.36. The molecule has 5 heteroatoms. The number of benzene rings is 2. The van der Waals surface area contributed by atoms with Gasteiger partial charge >= 0.3 is 11.8 Å². The van der Waals surface area contributed by atoms with E-state index < -0.39 is 11.8 Å².